The van der Waals surface area contributed by atoms with E-state index >= 15 is 0 Å². The van der Waals surface area contributed by atoms with Gasteiger partial charge in [0.1, 0.15) is 0 Å². The molecule has 0 bridgehead atoms. The van der Waals surface area contributed by atoms with Crippen molar-refractivity contribution in [2.45, 2.75) is 0 Å². The molecule has 22 heavy (non-hydrogen) atoms. The second-order valence-corrected chi connectivity index (χ2v) is 0. The summed E-state index contributed by atoms with van der Waals surface area (Å²) in [6, 6.07) is 0. The fourth-order valence-corrected chi connectivity index (χ4v) is 0. The van der Waals surface area contributed by atoms with Crippen LogP contribution in [0.2, 0.25) is 0 Å². The number of rotatable bonds is 0. The first-order chi connectivity index (χ1) is 1.00. The quantitative estimate of drug-likeness (QED) is 0.190. The Bertz CT molecular complexity index is 24.6. The summed E-state index contributed by atoms with van der Waals surface area (Å²) in [6.07, 6.45) is 0. The third-order valence-corrected chi connectivity index (χ3v) is 0. The molecule has 0 aromatic carbocycles. The Morgan fingerprint density at radius 1 is 0.273 bits per heavy atom. The molecule has 3 nitrogen and oxygen atoms in total. The second kappa shape index (κ2) is 4980. The molecule has 0 rings (SSSR count). The zero-order chi connectivity index (χ0) is 2.00. The normalized spacial score (nSPS) is 0.273. The Morgan fingerprint density at radius 3 is 0.273 bits per heavy atom. The Balaban J connectivity index is -0.0000000000263. The summed E-state index contributed by atoms with van der Waals surface area (Å²) >= 11 is 0. The minimum atomic E-state index is 0. The summed E-state index contributed by atoms with van der Waals surface area (Å²) in [5, 5.41) is 12.0. The van der Waals surface area contributed by atoms with Crippen molar-refractivity contribution >= 4 is 0 Å². The molecule has 0 atom stereocenters. The molecule has 4 N–H and O–H groups in total. The van der Waals surface area contributed by atoms with Crippen molar-refractivity contribution in [2.24, 2.45) is 0 Å². The third kappa shape index (κ3) is 4330. The largest absolute Gasteiger partial charge is 6.00 e. The van der Waals surface area contributed by atoms with Crippen molar-refractivity contribution in [3.8, 4) is 0 Å². The van der Waals surface area contributed by atoms with E-state index in [1.54, 1.807) is 0 Å². The van der Waals surface area contributed by atoms with Gasteiger partial charge in [-0.25, -0.2) is 0 Å². The standard InChI is InChI=1S/16CH3.3Fe.H2O2.H2O/c;;;;;;;;;;;;;;;;;;;1-2;/h16*1H3;;;;1-2H;1H2/q16*-1;2*+5;+6;;. The van der Waals surface area contributed by atoms with Gasteiger partial charge in [-0.1, -0.05) is 0 Å². The molecule has 0 saturated carbocycles. The summed E-state index contributed by atoms with van der Waals surface area (Å²) in [5.41, 5.74) is 0. The van der Waals surface area contributed by atoms with Gasteiger partial charge < -0.3 is 124 Å². The van der Waals surface area contributed by atoms with E-state index in [9.17, 15) is 0 Å². The molecule has 0 fully saturated rings. The van der Waals surface area contributed by atoms with Crippen LogP contribution in [0.4, 0.5) is 0 Å². The van der Waals surface area contributed by atoms with E-state index in [1.165, 1.54) is 0 Å². The predicted octanol–water partition coefficient (Wildman–Crippen LogP) is 6.39. The molecular formula is C16H52Fe3O3. The second-order valence-electron chi connectivity index (χ2n) is 0. The van der Waals surface area contributed by atoms with Crippen LogP contribution in [0.3, 0.4) is 0 Å². The fraction of sp³-hybridized carbons (Fsp3) is 0. The van der Waals surface area contributed by atoms with Gasteiger partial charge in [-0.05, 0) is 0 Å². The molecule has 6 heteroatoms. The molecule has 0 amide bonds. The number of hydrogen-bond acceptors (Lipinski definition) is 2. The minimum absolute atomic E-state index is 0. The maximum absolute atomic E-state index is 6.00. The predicted molar refractivity (Wildman–Crippen MR) is 111 cm³/mol. The molecule has 0 aromatic rings. The van der Waals surface area contributed by atoms with Crippen molar-refractivity contribution in [1.82, 2.24) is 0 Å². The van der Waals surface area contributed by atoms with E-state index in [1.807, 2.05) is 0 Å². The van der Waals surface area contributed by atoms with E-state index < -0.39 is 0 Å². The van der Waals surface area contributed by atoms with Gasteiger partial charge in [-0.3, -0.25) is 10.5 Å². The first-order valence-electron chi connectivity index (χ1n) is 0.200. The molecule has 0 unspecified atom stereocenters. The van der Waals surface area contributed by atoms with Crippen LogP contribution in [0.25, 0.3) is 0 Å². The maximum atomic E-state index is 6.00. The molecule has 0 aromatic heterocycles. The van der Waals surface area contributed by atoms with E-state index in [-0.39, 0.29) is 176 Å². The van der Waals surface area contributed by atoms with E-state index in [0.717, 1.165) is 0 Å². The molecule has 0 heterocycles. The molecular weight excluding hydrogens is 408 g/mol. The monoisotopic (exact) mass is 460 g/mol. The summed E-state index contributed by atoms with van der Waals surface area (Å²) in [7, 11) is 0. The van der Waals surface area contributed by atoms with Crippen LogP contribution in [0.1, 0.15) is 0 Å². The zero-order valence-corrected chi connectivity index (χ0v) is 21.8. The molecule has 0 aliphatic rings. The molecule has 2 radical (unpaired) electrons. The first kappa shape index (κ1) is 1980. The van der Waals surface area contributed by atoms with Crippen LogP contribution >= 0.6 is 0 Å². The maximum Gasteiger partial charge on any atom is 6.00 e. The van der Waals surface area contributed by atoms with Crippen molar-refractivity contribution in [1.29, 1.82) is 0 Å². The van der Waals surface area contributed by atoms with Crippen LogP contribution in [0, 0.1) is 119 Å². The molecule has 0 spiro atoms. The van der Waals surface area contributed by atoms with Gasteiger partial charge in [0.25, 0.3) is 0 Å². The minimum Gasteiger partial charge on any atom is -0.412 e. The van der Waals surface area contributed by atoms with Gasteiger partial charge >= 0.3 is 51.2 Å². The van der Waals surface area contributed by atoms with Crippen molar-refractivity contribution in [2.75, 3.05) is 0 Å². The topological polar surface area (TPSA) is 72.0 Å². The van der Waals surface area contributed by atoms with Crippen LogP contribution < -0.4 is 0 Å². The van der Waals surface area contributed by atoms with Crippen LogP contribution in [0.15, 0.2) is 0 Å². The third-order valence-electron chi connectivity index (χ3n) is 0. The van der Waals surface area contributed by atoms with Crippen LogP contribution in [-0.4, -0.2) is 16.0 Å². The average Bonchev–Trinajstić information content (AvgIpc) is 1.00. The molecule has 0 aliphatic heterocycles. The van der Waals surface area contributed by atoms with Gasteiger partial charge in [-0.15, -0.1) is 0 Å². The molecule has 0 aliphatic carbocycles. The van der Waals surface area contributed by atoms with E-state index in [4.69, 9.17) is 10.5 Å². The van der Waals surface area contributed by atoms with Gasteiger partial charge in [-0.2, -0.15) is 0 Å². The van der Waals surface area contributed by atoms with Gasteiger partial charge in [0.2, 0.25) is 0 Å². The van der Waals surface area contributed by atoms with Crippen molar-refractivity contribution < 1.29 is 67.2 Å². The Labute approximate surface area is 185 Å². The molecule has 158 valence electrons. The average molecular weight is 460 g/mol. The Hall–Kier alpha value is 1.44. The van der Waals surface area contributed by atoms with Crippen LogP contribution in [0.5, 0.6) is 0 Å². The van der Waals surface area contributed by atoms with Crippen molar-refractivity contribution in [3.05, 3.63) is 119 Å². The summed E-state index contributed by atoms with van der Waals surface area (Å²) in [4.78, 5) is 0. The van der Waals surface area contributed by atoms with Gasteiger partial charge in [0.15, 0.2) is 0 Å². The van der Waals surface area contributed by atoms with Gasteiger partial charge in [0, 0.05) is 0 Å². The van der Waals surface area contributed by atoms with Gasteiger partial charge in [0.05, 0.1) is 0 Å². The summed E-state index contributed by atoms with van der Waals surface area (Å²) in [6.45, 7) is 0. The van der Waals surface area contributed by atoms with Crippen molar-refractivity contribution in [3.63, 3.8) is 0 Å². The Kier molecular flexibility index (Phi) is 450000. The number of hydrogen-bond donors (Lipinski definition) is 2. The fourth-order valence-electron chi connectivity index (χ4n) is 0. The zero-order valence-electron chi connectivity index (χ0n) is 18.5. The van der Waals surface area contributed by atoms with Crippen LogP contribution in [-0.2, 0) is 51.2 Å². The first-order valence-corrected chi connectivity index (χ1v) is 0.200. The molecule has 0 saturated heterocycles. The SMILES string of the molecule is O.OO.[CH3-].[CH3-].[CH3-].[CH3-].[CH3-].[CH3-].[CH3-].[CH3-].[CH3-].[CH3-].[CH3-].[CH3-].[CH3-].[CH3-].[CH3-].[CH3-].[Fe+5].[Fe+5].[Fe+6]. The van der Waals surface area contributed by atoms with E-state index in [0.29, 0.717) is 0 Å². The summed E-state index contributed by atoms with van der Waals surface area (Å²) in [5.74, 6) is 0. The summed E-state index contributed by atoms with van der Waals surface area (Å²) < 4.78 is 0. The van der Waals surface area contributed by atoms with E-state index in [2.05, 4.69) is 0 Å². The smallest absolute Gasteiger partial charge is 0.412 e. The Morgan fingerprint density at radius 2 is 0.273 bits per heavy atom.